The molecule has 7 nitrogen and oxygen atoms in total. The standard InChI is InChI=1S/C28H28N6O/c1-20-8-7-11-26(16-20)33-21(2)17-23(22(33)3)18-24(19-29)27-30-31-28(32-12-14-35-15-13-32)34(27)25-9-5-4-6-10-25/h4-11,16-18H,12-15H2,1-3H3. The highest BCUT2D eigenvalue weighted by Gasteiger charge is 2.24. The van der Waals surface area contributed by atoms with Crippen LogP contribution in [0.15, 0.2) is 60.7 Å². The summed E-state index contributed by atoms with van der Waals surface area (Å²) in [7, 11) is 0. The van der Waals surface area contributed by atoms with Gasteiger partial charge in [0.2, 0.25) is 5.95 Å². The largest absolute Gasteiger partial charge is 0.378 e. The summed E-state index contributed by atoms with van der Waals surface area (Å²) >= 11 is 0. The van der Waals surface area contributed by atoms with Crippen molar-refractivity contribution in [2.24, 2.45) is 0 Å². The van der Waals surface area contributed by atoms with E-state index in [1.54, 1.807) is 0 Å². The number of anilines is 1. The average Bonchev–Trinajstić information content (AvgIpc) is 3.44. The Labute approximate surface area is 205 Å². The van der Waals surface area contributed by atoms with Crippen LogP contribution >= 0.6 is 0 Å². The second-order valence-electron chi connectivity index (χ2n) is 8.76. The van der Waals surface area contributed by atoms with Crippen LogP contribution in [0.1, 0.15) is 28.3 Å². The predicted molar refractivity (Wildman–Crippen MR) is 138 cm³/mol. The van der Waals surface area contributed by atoms with E-state index in [-0.39, 0.29) is 0 Å². The topological polar surface area (TPSA) is 71.9 Å². The molecule has 0 amide bonds. The van der Waals surface area contributed by atoms with Gasteiger partial charge >= 0.3 is 0 Å². The molecule has 3 heterocycles. The third-order valence-corrected chi connectivity index (χ3v) is 6.35. The summed E-state index contributed by atoms with van der Waals surface area (Å²) in [5.74, 6) is 1.25. The molecule has 2 aromatic heterocycles. The van der Waals surface area contributed by atoms with E-state index in [1.807, 2.05) is 41.0 Å². The Balaban J connectivity index is 1.62. The lowest BCUT2D eigenvalue weighted by molar-refractivity contribution is 0.122. The maximum Gasteiger partial charge on any atom is 0.232 e. The molecule has 1 aliphatic rings. The highest BCUT2D eigenvalue weighted by atomic mass is 16.5. The van der Waals surface area contributed by atoms with Crippen LogP contribution in [0.2, 0.25) is 0 Å². The van der Waals surface area contributed by atoms with E-state index in [1.165, 1.54) is 5.56 Å². The lowest BCUT2D eigenvalue weighted by atomic mass is 10.1. The molecule has 1 aliphatic heterocycles. The molecular formula is C28H28N6O. The molecule has 0 saturated carbocycles. The molecule has 0 radical (unpaired) electrons. The van der Waals surface area contributed by atoms with Crippen molar-refractivity contribution in [3.05, 3.63) is 89.0 Å². The number of nitrogens with zero attached hydrogens (tertiary/aromatic N) is 6. The fraction of sp³-hybridized carbons (Fsp3) is 0.250. The Morgan fingerprint density at radius 3 is 2.37 bits per heavy atom. The Hall–Kier alpha value is -4.15. The first-order chi connectivity index (χ1) is 17.1. The van der Waals surface area contributed by atoms with Gasteiger partial charge in [0.05, 0.1) is 24.5 Å². The number of allylic oxidation sites excluding steroid dienone is 1. The van der Waals surface area contributed by atoms with E-state index in [0.717, 1.165) is 47.4 Å². The number of rotatable bonds is 5. The molecular weight excluding hydrogens is 436 g/mol. The maximum absolute atomic E-state index is 10.2. The minimum Gasteiger partial charge on any atom is -0.378 e. The van der Waals surface area contributed by atoms with Gasteiger partial charge in [0, 0.05) is 30.2 Å². The Bertz CT molecular complexity index is 1420. The molecule has 7 heteroatoms. The Kier molecular flexibility index (Phi) is 6.21. The lowest BCUT2D eigenvalue weighted by Gasteiger charge is -2.28. The number of aryl methyl sites for hydroxylation is 2. The maximum atomic E-state index is 10.2. The first-order valence-corrected chi connectivity index (χ1v) is 11.8. The van der Waals surface area contributed by atoms with Gasteiger partial charge in [0.15, 0.2) is 5.82 Å². The van der Waals surface area contributed by atoms with Gasteiger partial charge in [-0.3, -0.25) is 4.57 Å². The van der Waals surface area contributed by atoms with E-state index in [9.17, 15) is 5.26 Å². The van der Waals surface area contributed by atoms with Crippen LogP contribution in [0.4, 0.5) is 5.95 Å². The van der Waals surface area contributed by atoms with Crippen molar-refractivity contribution in [2.45, 2.75) is 20.8 Å². The summed E-state index contributed by atoms with van der Waals surface area (Å²) < 4.78 is 9.72. The van der Waals surface area contributed by atoms with Gasteiger partial charge < -0.3 is 14.2 Å². The molecule has 0 unspecified atom stereocenters. The number of benzene rings is 2. The summed E-state index contributed by atoms with van der Waals surface area (Å²) in [6.07, 6.45) is 1.92. The summed E-state index contributed by atoms with van der Waals surface area (Å²) in [6.45, 7) is 9.00. The zero-order valence-corrected chi connectivity index (χ0v) is 20.3. The summed E-state index contributed by atoms with van der Waals surface area (Å²) in [6, 6.07) is 22.9. The zero-order chi connectivity index (χ0) is 24.4. The van der Waals surface area contributed by atoms with Crippen molar-refractivity contribution in [1.82, 2.24) is 19.3 Å². The van der Waals surface area contributed by atoms with Gasteiger partial charge in [-0.25, -0.2) is 0 Å². The van der Waals surface area contributed by atoms with Crippen LogP contribution in [-0.4, -0.2) is 45.6 Å². The van der Waals surface area contributed by atoms with Crippen molar-refractivity contribution in [3.63, 3.8) is 0 Å². The summed E-state index contributed by atoms with van der Waals surface area (Å²) in [5, 5.41) is 19.2. The number of ether oxygens (including phenoxy) is 1. The number of hydrogen-bond acceptors (Lipinski definition) is 5. The Morgan fingerprint density at radius 1 is 0.914 bits per heavy atom. The van der Waals surface area contributed by atoms with Crippen LogP contribution in [0.3, 0.4) is 0 Å². The van der Waals surface area contributed by atoms with Crippen molar-refractivity contribution < 1.29 is 4.74 Å². The SMILES string of the molecule is Cc1cccc(-n2c(C)cc(C=C(C#N)c3nnc(N4CCOCC4)n3-c3ccccc3)c2C)c1. The number of hydrogen-bond donors (Lipinski definition) is 0. The van der Waals surface area contributed by atoms with Crippen LogP contribution in [0, 0.1) is 32.1 Å². The predicted octanol–water partition coefficient (Wildman–Crippen LogP) is 4.88. The minimum absolute atomic E-state index is 0.463. The Morgan fingerprint density at radius 2 is 1.66 bits per heavy atom. The second kappa shape index (κ2) is 9.61. The molecule has 5 rings (SSSR count). The quantitative estimate of drug-likeness (QED) is 0.394. The smallest absolute Gasteiger partial charge is 0.232 e. The van der Waals surface area contributed by atoms with E-state index in [4.69, 9.17) is 4.74 Å². The van der Waals surface area contributed by atoms with Crippen LogP contribution in [-0.2, 0) is 4.74 Å². The summed E-state index contributed by atoms with van der Waals surface area (Å²) in [4.78, 5) is 2.16. The highest BCUT2D eigenvalue weighted by molar-refractivity contribution is 5.88. The minimum atomic E-state index is 0.463. The molecule has 1 saturated heterocycles. The molecule has 0 N–H and O–H groups in total. The molecule has 4 aromatic rings. The molecule has 0 bridgehead atoms. The van der Waals surface area contributed by atoms with E-state index < -0.39 is 0 Å². The molecule has 2 aromatic carbocycles. The molecule has 0 atom stereocenters. The van der Waals surface area contributed by atoms with Gasteiger partial charge in [-0.15, -0.1) is 10.2 Å². The van der Waals surface area contributed by atoms with Gasteiger partial charge in [-0.2, -0.15) is 5.26 Å². The third kappa shape index (κ3) is 4.36. The number of nitriles is 1. The fourth-order valence-corrected chi connectivity index (χ4v) is 4.63. The molecule has 35 heavy (non-hydrogen) atoms. The summed E-state index contributed by atoms with van der Waals surface area (Å²) in [5.41, 5.74) is 6.86. The van der Waals surface area contributed by atoms with Crippen molar-refractivity contribution in [1.29, 1.82) is 5.26 Å². The van der Waals surface area contributed by atoms with Crippen molar-refractivity contribution in [3.8, 4) is 17.4 Å². The lowest BCUT2D eigenvalue weighted by Crippen LogP contribution is -2.38. The number of para-hydroxylation sites is 1. The highest BCUT2D eigenvalue weighted by Crippen LogP contribution is 2.29. The van der Waals surface area contributed by atoms with Crippen LogP contribution in [0.25, 0.3) is 23.0 Å². The first kappa shape index (κ1) is 22.6. The van der Waals surface area contributed by atoms with Crippen molar-refractivity contribution >= 4 is 17.6 Å². The van der Waals surface area contributed by atoms with Gasteiger partial charge in [0.1, 0.15) is 6.07 Å². The third-order valence-electron chi connectivity index (χ3n) is 6.35. The first-order valence-electron chi connectivity index (χ1n) is 11.8. The molecule has 1 fully saturated rings. The average molecular weight is 465 g/mol. The molecule has 0 spiro atoms. The number of morpholine rings is 1. The van der Waals surface area contributed by atoms with E-state index >= 15 is 0 Å². The number of aromatic nitrogens is 4. The van der Waals surface area contributed by atoms with Crippen LogP contribution in [0.5, 0.6) is 0 Å². The van der Waals surface area contributed by atoms with Gasteiger partial charge in [0.25, 0.3) is 0 Å². The molecule has 176 valence electrons. The van der Waals surface area contributed by atoms with E-state index in [2.05, 4.69) is 76.8 Å². The normalized spacial score (nSPS) is 14.2. The van der Waals surface area contributed by atoms with Gasteiger partial charge in [-0.1, -0.05) is 30.3 Å². The second-order valence-corrected chi connectivity index (χ2v) is 8.76. The van der Waals surface area contributed by atoms with E-state index in [0.29, 0.717) is 24.6 Å². The fourth-order valence-electron chi connectivity index (χ4n) is 4.63. The zero-order valence-electron chi connectivity index (χ0n) is 20.3. The van der Waals surface area contributed by atoms with Crippen molar-refractivity contribution in [2.75, 3.05) is 31.2 Å². The van der Waals surface area contributed by atoms with Crippen LogP contribution < -0.4 is 4.90 Å². The molecule has 0 aliphatic carbocycles. The monoisotopic (exact) mass is 464 g/mol. The van der Waals surface area contributed by atoms with Gasteiger partial charge in [-0.05, 0) is 68.3 Å².